The molecule has 1 atom stereocenters. The predicted octanol–water partition coefficient (Wildman–Crippen LogP) is 2.64. The maximum absolute atomic E-state index is 13.5. The molecule has 0 heterocycles. The first-order valence-electron chi connectivity index (χ1n) is 7.20. The van der Waals surface area contributed by atoms with Crippen molar-refractivity contribution >= 4 is 28.9 Å². The summed E-state index contributed by atoms with van der Waals surface area (Å²) in [7, 11) is 0. The molecule has 26 heavy (non-hydrogen) atoms. The number of ether oxygens (including phenoxy) is 1. The third-order valence-electron chi connectivity index (χ3n) is 3.31. The van der Waals surface area contributed by atoms with Crippen LogP contribution in [0.15, 0.2) is 36.4 Å². The molecule has 0 aromatic heterocycles. The van der Waals surface area contributed by atoms with Gasteiger partial charge in [0.05, 0.1) is 21.9 Å². The zero-order valence-electron chi connectivity index (χ0n) is 13.4. The maximum Gasteiger partial charge on any atom is 0.341 e. The largest absolute Gasteiger partial charge is 0.449 e. The summed E-state index contributed by atoms with van der Waals surface area (Å²) < 4.78 is 31.3. The first-order valence-corrected chi connectivity index (χ1v) is 7.20. The van der Waals surface area contributed by atoms with Crippen molar-refractivity contribution in [2.45, 2.75) is 13.0 Å². The van der Waals surface area contributed by atoms with E-state index < -0.39 is 34.5 Å². The van der Waals surface area contributed by atoms with E-state index in [-0.39, 0.29) is 22.6 Å². The minimum atomic E-state index is -1.33. The van der Waals surface area contributed by atoms with Crippen LogP contribution in [0.25, 0.3) is 0 Å². The second kappa shape index (κ2) is 7.55. The summed E-state index contributed by atoms with van der Waals surface area (Å²) in [6.45, 7) is 1.23. The number of non-ortho nitro benzene ring substituents is 1. The van der Waals surface area contributed by atoms with Gasteiger partial charge in [-0.05, 0) is 25.1 Å². The lowest BCUT2D eigenvalue weighted by molar-refractivity contribution is -0.384. The number of carbonyl (C=O) groups excluding carboxylic acids is 2. The number of nitro groups is 1. The highest BCUT2D eigenvalue weighted by atomic mass is 19.1. The SMILES string of the molecule is C[C@H](OC(=O)c1ccc([N+](=O)[O-])cc1N)C(=O)Nc1ccc(F)cc1F. The summed E-state index contributed by atoms with van der Waals surface area (Å²) in [5.41, 5.74) is 4.63. The van der Waals surface area contributed by atoms with E-state index in [1.807, 2.05) is 0 Å². The van der Waals surface area contributed by atoms with Gasteiger partial charge in [0, 0.05) is 18.2 Å². The topological polar surface area (TPSA) is 125 Å². The number of amides is 1. The average Bonchev–Trinajstić information content (AvgIpc) is 2.56. The van der Waals surface area contributed by atoms with Gasteiger partial charge < -0.3 is 15.8 Å². The number of hydrogen-bond acceptors (Lipinski definition) is 6. The quantitative estimate of drug-likeness (QED) is 0.363. The summed E-state index contributed by atoms with van der Waals surface area (Å²) in [5.74, 6) is -3.64. The molecule has 0 spiro atoms. The zero-order chi connectivity index (χ0) is 19.4. The van der Waals surface area contributed by atoms with Gasteiger partial charge in [0.25, 0.3) is 11.6 Å². The lowest BCUT2D eigenvalue weighted by Gasteiger charge is -2.14. The number of nitro benzene ring substituents is 1. The molecule has 0 aliphatic rings. The Bertz CT molecular complexity index is 888. The molecule has 0 bridgehead atoms. The average molecular weight is 365 g/mol. The standard InChI is InChI=1S/C16H13F2N3O5/c1-8(15(22)20-14-5-2-9(17)6-12(14)18)26-16(23)11-4-3-10(21(24)25)7-13(11)19/h2-8H,19H2,1H3,(H,20,22)/t8-/m0/s1. The Labute approximate surface area is 145 Å². The van der Waals surface area contributed by atoms with Crippen molar-refractivity contribution < 1.29 is 28.0 Å². The Morgan fingerprint density at radius 1 is 1.23 bits per heavy atom. The fourth-order valence-corrected chi connectivity index (χ4v) is 1.95. The number of anilines is 2. The number of hydrogen-bond donors (Lipinski definition) is 2. The van der Waals surface area contributed by atoms with E-state index in [9.17, 15) is 28.5 Å². The molecule has 2 aromatic carbocycles. The number of benzene rings is 2. The van der Waals surface area contributed by atoms with Gasteiger partial charge in [-0.1, -0.05) is 0 Å². The lowest BCUT2D eigenvalue weighted by Crippen LogP contribution is -2.30. The molecular weight excluding hydrogens is 352 g/mol. The molecule has 0 radical (unpaired) electrons. The van der Waals surface area contributed by atoms with Gasteiger partial charge in [-0.3, -0.25) is 14.9 Å². The van der Waals surface area contributed by atoms with Crippen LogP contribution in [0.1, 0.15) is 17.3 Å². The summed E-state index contributed by atoms with van der Waals surface area (Å²) in [6, 6.07) is 5.70. The minimum absolute atomic E-state index is 0.164. The molecule has 8 nitrogen and oxygen atoms in total. The predicted molar refractivity (Wildman–Crippen MR) is 87.4 cm³/mol. The summed E-state index contributed by atoms with van der Waals surface area (Å²) >= 11 is 0. The molecule has 0 fully saturated rings. The molecule has 2 rings (SSSR count). The molecular formula is C16H13F2N3O5. The fourth-order valence-electron chi connectivity index (χ4n) is 1.95. The van der Waals surface area contributed by atoms with E-state index >= 15 is 0 Å². The van der Waals surface area contributed by atoms with Gasteiger partial charge in [0.2, 0.25) is 0 Å². The Balaban J connectivity index is 2.06. The number of rotatable bonds is 5. The van der Waals surface area contributed by atoms with Crippen molar-refractivity contribution in [3.05, 3.63) is 63.7 Å². The number of halogens is 2. The monoisotopic (exact) mass is 365 g/mol. The van der Waals surface area contributed by atoms with Crippen molar-refractivity contribution in [1.29, 1.82) is 0 Å². The fraction of sp³-hybridized carbons (Fsp3) is 0.125. The van der Waals surface area contributed by atoms with Crippen molar-refractivity contribution in [1.82, 2.24) is 0 Å². The molecule has 136 valence electrons. The van der Waals surface area contributed by atoms with Crippen LogP contribution in [0.2, 0.25) is 0 Å². The summed E-state index contributed by atoms with van der Waals surface area (Å²) in [5, 5.41) is 12.8. The van der Waals surface area contributed by atoms with Crippen molar-refractivity contribution in [3.63, 3.8) is 0 Å². The molecule has 10 heteroatoms. The number of nitrogens with one attached hydrogen (secondary N) is 1. The second-order valence-electron chi connectivity index (χ2n) is 5.19. The van der Waals surface area contributed by atoms with E-state index in [0.717, 1.165) is 30.3 Å². The van der Waals surface area contributed by atoms with Gasteiger partial charge in [-0.25, -0.2) is 13.6 Å². The third kappa shape index (κ3) is 4.29. The van der Waals surface area contributed by atoms with Crippen LogP contribution in [0.5, 0.6) is 0 Å². The summed E-state index contributed by atoms with van der Waals surface area (Å²) in [4.78, 5) is 34.0. The molecule has 1 amide bonds. The van der Waals surface area contributed by atoms with Crippen LogP contribution >= 0.6 is 0 Å². The van der Waals surface area contributed by atoms with E-state index in [4.69, 9.17) is 10.5 Å². The number of esters is 1. The Kier molecular flexibility index (Phi) is 5.45. The highest BCUT2D eigenvalue weighted by molar-refractivity contribution is 5.99. The number of nitrogen functional groups attached to an aromatic ring is 1. The normalized spacial score (nSPS) is 11.5. The highest BCUT2D eigenvalue weighted by Crippen LogP contribution is 2.21. The van der Waals surface area contributed by atoms with Crippen molar-refractivity contribution in [2.75, 3.05) is 11.1 Å². The molecule has 0 saturated heterocycles. The Morgan fingerprint density at radius 3 is 2.50 bits per heavy atom. The van der Waals surface area contributed by atoms with E-state index in [0.29, 0.717) is 6.07 Å². The molecule has 3 N–H and O–H groups in total. The van der Waals surface area contributed by atoms with Crippen LogP contribution in [-0.2, 0) is 9.53 Å². The lowest BCUT2D eigenvalue weighted by atomic mass is 10.1. The van der Waals surface area contributed by atoms with Crippen molar-refractivity contribution in [2.24, 2.45) is 0 Å². The molecule has 0 aliphatic heterocycles. The van der Waals surface area contributed by atoms with E-state index in [1.54, 1.807) is 0 Å². The maximum atomic E-state index is 13.5. The van der Waals surface area contributed by atoms with Crippen LogP contribution in [0.4, 0.5) is 25.8 Å². The van der Waals surface area contributed by atoms with Crippen LogP contribution in [0.3, 0.4) is 0 Å². The number of nitrogens with two attached hydrogens (primary N) is 1. The molecule has 2 aromatic rings. The third-order valence-corrected chi connectivity index (χ3v) is 3.31. The second-order valence-corrected chi connectivity index (χ2v) is 5.19. The number of nitrogens with zero attached hydrogens (tertiary/aromatic N) is 1. The highest BCUT2D eigenvalue weighted by Gasteiger charge is 2.22. The summed E-state index contributed by atoms with van der Waals surface area (Å²) in [6.07, 6.45) is -1.33. The van der Waals surface area contributed by atoms with Crippen molar-refractivity contribution in [3.8, 4) is 0 Å². The van der Waals surface area contributed by atoms with Gasteiger partial charge in [-0.15, -0.1) is 0 Å². The van der Waals surface area contributed by atoms with Gasteiger partial charge in [-0.2, -0.15) is 0 Å². The molecule has 0 saturated carbocycles. The van der Waals surface area contributed by atoms with Crippen LogP contribution < -0.4 is 11.1 Å². The van der Waals surface area contributed by atoms with Gasteiger partial charge in [0.1, 0.15) is 11.6 Å². The number of carbonyl (C=O) groups is 2. The van der Waals surface area contributed by atoms with Gasteiger partial charge >= 0.3 is 5.97 Å². The zero-order valence-corrected chi connectivity index (χ0v) is 13.4. The van der Waals surface area contributed by atoms with E-state index in [1.165, 1.54) is 6.92 Å². The Hall–Kier alpha value is -3.56. The van der Waals surface area contributed by atoms with E-state index in [2.05, 4.69) is 5.32 Å². The van der Waals surface area contributed by atoms with Gasteiger partial charge in [0.15, 0.2) is 6.10 Å². The van der Waals surface area contributed by atoms with Crippen LogP contribution in [0, 0.1) is 21.7 Å². The first-order chi connectivity index (χ1) is 12.2. The first kappa shape index (κ1) is 18.8. The van der Waals surface area contributed by atoms with Crippen LogP contribution in [-0.4, -0.2) is 22.9 Å². The minimum Gasteiger partial charge on any atom is -0.449 e. The molecule has 0 unspecified atom stereocenters. The smallest absolute Gasteiger partial charge is 0.341 e. The molecule has 0 aliphatic carbocycles. The Morgan fingerprint density at radius 2 is 1.92 bits per heavy atom.